The minimum absolute atomic E-state index is 0.117. The quantitative estimate of drug-likeness (QED) is 0.246. The fourth-order valence-electron chi connectivity index (χ4n) is 4.72. The number of benzene rings is 2. The molecule has 5 rings (SSSR count). The fraction of sp³-hybridized carbons (Fsp3) is 0.172. The van der Waals surface area contributed by atoms with Crippen molar-refractivity contribution in [2.75, 3.05) is 31.0 Å². The molecule has 0 radical (unpaired) electrons. The second-order valence-electron chi connectivity index (χ2n) is 8.92. The molecule has 3 heterocycles. The average molecular weight is 559 g/mol. The van der Waals surface area contributed by atoms with Crippen molar-refractivity contribution in [3.8, 4) is 17.1 Å². The number of carboxylic acid groups (broad SMARTS) is 1. The molecule has 1 aliphatic heterocycles. The highest BCUT2D eigenvalue weighted by atomic mass is 32.1. The van der Waals surface area contributed by atoms with Crippen molar-refractivity contribution in [2.45, 2.75) is 12.1 Å². The molecule has 0 spiro atoms. The Kier molecular flexibility index (Phi) is 7.76. The Morgan fingerprint density at radius 1 is 1.10 bits per heavy atom. The van der Waals surface area contributed by atoms with E-state index in [4.69, 9.17) is 26.1 Å². The topological polar surface area (TPSA) is 126 Å². The lowest BCUT2D eigenvalue weighted by Crippen LogP contribution is -2.29. The fourth-order valence-corrected chi connectivity index (χ4v) is 5.07. The van der Waals surface area contributed by atoms with E-state index in [1.165, 1.54) is 20.3 Å². The van der Waals surface area contributed by atoms with Crippen LogP contribution in [0, 0.1) is 0 Å². The summed E-state index contributed by atoms with van der Waals surface area (Å²) in [5, 5.41) is 16.3. The van der Waals surface area contributed by atoms with Crippen molar-refractivity contribution < 1.29 is 28.6 Å². The number of carbonyl (C=O) groups is 2. The number of amides is 1. The summed E-state index contributed by atoms with van der Waals surface area (Å²) in [6, 6.07) is 20.3. The molecule has 1 fully saturated rings. The summed E-state index contributed by atoms with van der Waals surface area (Å²) in [7, 11) is 2.96. The molecule has 11 heteroatoms. The van der Waals surface area contributed by atoms with Gasteiger partial charge in [-0.1, -0.05) is 24.3 Å². The number of hydrogen-bond acceptors (Lipinski definition) is 7. The Hall–Kier alpha value is -4.74. The van der Waals surface area contributed by atoms with E-state index in [2.05, 4.69) is 15.6 Å². The van der Waals surface area contributed by atoms with Crippen LogP contribution in [0.3, 0.4) is 0 Å². The summed E-state index contributed by atoms with van der Waals surface area (Å²) in [5.74, 6) is 0.0312. The zero-order valence-corrected chi connectivity index (χ0v) is 22.5. The van der Waals surface area contributed by atoms with Gasteiger partial charge in [-0.25, -0.2) is 4.79 Å². The number of hydrogen-bond donors (Lipinski definition) is 3. The number of nitrogens with one attached hydrogen (secondary N) is 2. The molecule has 2 atom stereocenters. The van der Waals surface area contributed by atoms with Crippen LogP contribution in [-0.2, 0) is 9.53 Å². The van der Waals surface area contributed by atoms with E-state index in [0.29, 0.717) is 39.3 Å². The molecule has 1 aliphatic rings. The molecule has 3 N–H and O–H groups in total. The van der Waals surface area contributed by atoms with Crippen LogP contribution in [-0.4, -0.2) is 47.9 Å². The normalized spacial score (nSPS) is 16.4. The Morgan fingerprint density at radius 3 is 2.62 bits per heavy atom. The largest absolute Gasteiger partial charge is 0.495 e. The summed E-state index contributed by atoms with van der Waals surface area (Å²) in [6.07, 6.45) is 1.70. The zero-order valence-electron chi connectivity index (χ0n) is 21.7. The monoisotopic (exact) mass is 558 g/mol. The predicted octanol–water partition coefficient (Wildman–Crippen LogP) is 4.81. The van der Waals surface area contributed by atoms with Crippen LogP contribution in [0.5, 0.6) is 5.75 Å². The van der Waals surface area contributed by atoms with Gasteiger partial charge in [0, 0.05) is 24.6 Å². The van der Waals surface area contributed by atoms with E-state index in [1.807, 2.05) is 35.2 Å². The van der Waals surface area contributed by atoms with Crippen LogP contribution in [0.2, 0.25) is 0 Å². The third kappa shape index (κ3) is 5.24. The summed E-state index contributed by atoms with van der Waals surface area (Å²) < 4.78 is 16.7. The van der Waals surface area contributed by atoms with Crippen LogP contribution in [0.4, 0.5) is 11.4 Å². The first-order valence-electron chi connectivity index (χ1n) is 12.3. The highest BCUT2D eigenvalue weighted by Crippen LogP contribution is 2.44. The van der Waals surface area contributed by atoms with E-state index < -0.39 is 18.1 Å². The molecule has 0 bridgehead atoms. The number of pyridine rings is 1. The molecule has 40 heavy (non-hydrogen) atoms. The van der Waals surface area contributed by atoms with Gasteiger partial charge in [0.1, 0.15) is 29.9 Å². The van der Waals surface area contributed by atoms with Gasteiger partial charge in [-0.2, -0.15) is 0 Å². The molecule has 1 saturated heterocycles. The molecule has 4 aromatic rings. The lowest BCUT2D eigenvalue weighted by atomic mass is 10.0. The van der Waals surface area contributed by atoms with Gasteiger partial charge in [0.25, 0.3) is 0 Å². The smallest absolute Gasteiger partial charge is 0.336 e. The third-order valence-electron chi connectivity index (χ3n) is 6.45. The first-order valence-corrected chi connectivity index (χ1v) is 12.7. The van der Waals surface area contributed by atoms with Gasteiger partial charge in [0.2, 0.25) is 5.91 Å². The van der Waals surface area contributed by atoms with Crippen molar-refractivity contribution in [2.24, 2.45) is 0 Å². The number of rotatable bonds is 9. The minimum atomic E-state index is -1.05. The van der Waals surface area contributed by atoms with Crippen molar-refractivity contribution in [1.29, 1.82) is 0 Å². The van der Waals surface area contributed by atoms with E-state index in [0.717, 1.165) is 5.69 Å². The summed E-state index contributed by atoms with van der Waals surface area (Å²) >= 11 is 5.79. The van der Waals surface area contributed by atoms with E-state index >= 15 is 0 Å². The van der Waals surface area contributed by atoms with E-state index in [-0.39, 0.29) is 18.1 Å². The van der Waals surface area contributed by atoms with Gasteiger partial charge >= 0.3 is 5.97 Å². The van der Waals surface area contributed by atoms with Crippen LogP contribution in [0.15, 0.2) is 83.4 Å². The molecule has 0 aliphatic carbocycles. The van der Waals surface area contributed by atoms with Crippen molar-refractivity contribution in [1.82, 2.24) is 10.3 Å². The molecule has 204 valence electrons. The van der Waals surface area contributed by atoms with Gasteiger partial charge in [-0.05, 0) is 60.7 Å². The van der Waals surface area contributed by atoms with Crippen molar-refractivity contribution >= 4 is 40.6 Å². The first kappa shape index (κ1) is 26.9. The second kappa shape index (κ2) is 11.6. The maximum Gasteiger partial charge on any atom is 0.336 e. The Labute approximate surface area is 235 Å². The highest BCUT2D eigenvalue weighted by molar-refractivity contribution is 7.80. The summed E-state index contributed by atoms with van der Waals surface area (Å²) in [4.78, 5) is 30.6. The zero-order chi connectivity index (χ0) is 28.2. The van der Waals surface area contributed by atoms with Gasteiger partial charge in [0.15, 0.2) is 5.11 Å². The summed E-state index contributed by atoms with van der Waals surface area (Å²) in [6.45, 7) is -0.117. The highest BCUT2D eigenvalue weighted by Gasteiger charge is 2.43. The van der Waals surface area contributed by atoms with Crippen LogP contribution >= 0.6 is 12.2 Å². The lowest BCUT2D eigenvalue weighted by molar-refractivity contribution is -0.119. The van der Waals surface area contributed by atoms with Gasteiger partial charge in [-0.3, -0.25) is 9.78 Å². The van der Waals surface area contributed by atoms with E-state index in [1.54, 1.807) is 42.6 Å². The molecule has 0 saturated carbocycles. The molecule has 2 aromatic heterocycles. The molecule has 10 nitrogen and oxygen atoms in total. The third-order valence-corrected chi connectivity index (χ3v) is 6.76. The van der Waals surface area contributed by atoms with Gasteiger partial charge in [-0.15, -0.1) is 0 Å². The SMILES string of the molecule is COCC(=O)Nc1cc(N2C(=S)N[C@H](c3ccccn3)[C@@H]2c2ccc(-c3ccccc3C(=O)O)o2)ccc1OC. The first-order chi connectivity index (χ1) is 19.4. The number of carbonyl (C=O) groups excluding carboxylic acids is 1. The number of nitrogens with zero attached hydrogens (tertiary/aromatic N) is 2. The Morgan fingerprint density at radius 2 is 1.90 bits per heavy atom. The maximum absolute atomic E-state index is 12.3. The van der Waals surface area contributed by atoms with Crippen LogP contribution < -0.4 is 20.3 Å². The second-order valence-corrected chi connectivity index (χ2v) is 9.30. The van der Waals surface area contributed by atoms with Crippen molar-refractivity contribution in [3.05, 3.63) is 96.0 Å². The van der Waals surface area contributed by atoms with Crippen molar-refractivity contribution in [3.63, 3.8) is 0 Å². The molecule has 1 amide bonds. The molecule has 0 unspecified atom stereocenters. The number of carboxylic acids is 1. The number of ether oxygens (including phenoxy) is 2. The average Bonchev–Trinajstić information content (AvgIpc) is 3.58. The van der Waals surface area contributed by atoms with E-state index in [9.17, 15) is 14.7 Å². The Bertz CT molecular complexity index is 1560. The predicted molar refractivity (Wildman–Crippen MR) is 153 cm³/mol. The number of methoxy groups -OCH3 is 2. The number of furan rings is 1. The Balaban J connectivity index is 1.60. The molecular formula is C29H26N4O6S. The summed E-state index contributed by atoms with van der Waals surface area (Å²) in [5.41, 5.74) is 2.44. The molecule has 2 aromatic carbocycles. The lowest BCUT2D eigenvalue weighted by Gasteiger charge is -2.27. The molecular weight excluding hydrogens is 532 g/mol. The maximum atomic E-state index is 12.3. The number of aromatic nitrogens is 1. The van der Waals surface area contributed by atoms with Crippen LogP contribution in [0.1, 0.15) is 33.9 Å². The standard InChI is InChI=1S/C29H26N4O6S/c1-37-16-25(34)31-21-15-17(10-11-23(21)38-2)33-27(26(32-29(33)40)20-9-5-6-14-30-20)24-13-12-22(39-24)18-7-3-4-8-19(18)28(35)36/h3-15,26-27H,16H2,1-2H3,(H,31,34)(H,32,40)(H,35,36)/t26-,27+/m1/s1. The van der Waals surface area contributed by atoms with Crippen LogP contribution in [0.25, 0.3) is 11.3 Å². The minimum Gasteiger partial charge on any atom is -0.495 e. The van der Waals surface area contributed by atoms with Gasteiger partial charge < -0.3 is 34.5 Å². The number of thiocarbonyl (C=S) groups is 1. The number of aromatic carboxylic acids is 1. The number of anilines is 2. The van der Waals surface area contributed by atoms with Gasteiger partial charge in [0.05, 0.1) is 30.1 Å².